The molecule has 0 saturated heterocycles. The summed E-state index contributed by atoms with van der Waals surface area (Å²) in [6, 6.07) is 14.0. The lowest BCUT2D eigenvalue weighted by atomic mass is 10.1. The number of nitrogens with one attached hydrogen (secondary N) is 1. The molecule has 2 aromatic heterocycles. The third-order valence-electron chi connectivity index (χ3n) is 3.76. The molecule has 0 saturated carbocycles. The predicted molar refractivity (Wildman–Crippen MR) is 94.2 cm³/mol. The van der Waals surface area contributed by atoms with Gasteiger partial charge in [-0.05, 0) is 24.1 Å². The van der Waals surface area contributed by atoms with Gasteiger partial charge in [-0.2, -0.15) is 0 Å². The van der Waals surface area contributed by atoms with E-state index < -0.39 is 10.0 Å². The topological polar surface area (TPSA) is 76.9 Å². The fraction of sp³-hybridized carbons (Fsp3) is 0.294. The molecule has 0 radical (unpaired) electrons. The van der Waals surface area contributed by atoms with Crippen molar-refractivity contribution in [1.29, 1.82) is 0 Å². The van der Waals surface area contributed by atoms with Gasteiger partial charge in [-0.3, -0.25) is 0 Å². The molecular weight excluding hydrogens is 324 g/mol. The Bertz CT molecular complexity index is 920. The van der Waals surface area contributed by atoms with E-state index in [4.69, 9.17) is 0 Å². The van der Waals surface area contributed by atoms with Crippen LogP contribution in [-0.2, 0) is 29.4 Å². The molecule has 3 rings (SSSR count). The molecule has 3 aromatic rings. The zero-order chi connectivity index (χ0) is 17.0. The number of hydrogen-bond donors (Lipinski definition) is 1. The standard InChI is InChI=1S/C17H20N4O2S/c1-24(22,23)19-12-13-21-16(10-9-14-6-3-2-4-7-14)20-15-8-5-11-18-17(15)21/h2-8,11,19H,9-10,12-13H2,1H3. The van der Waals surface area contributed by atoms with E-state index in [0.717, 1.165) is 36.1 Å². The van der Waals surface area contributed by atoms with E-state index in [0.29, 0.717) is 13.1 Å². The van der Waals surface area contributed by atoms with Crippen molar-refractivity contribution < 1.29 is 8.42 Å². The largest absolute Gasteiger partial charge is 0.311 e. The maximum Gasteiger partial charge on any atom is 0.208 e. The molecule has 126 valence electrons. The number of pyridine rings is 1. The molecule has 1 N–H and O–H groups in total. The van der Waals surface area contributed by atoms with E-state index in [1.165, 1.54) is 5.56 Å². The Hall–Kier alpha value is -2.25. The normalized spacial score (nSPS) is 11.9. The minimum atomic E-state index is -3.20. The van der Waals surface area contributed by atoms with E-state index in [-0.39, 0.29) is 0 Å². The molecule has 1 aromatic carbocycles. The van der Waals surface area contributed by atoms with Crippen molar-refractivity contribution in [2.45, 2.75) is 19.4 Å². The second-order valence-electron chi connectivity index (χ2n) is 5.68. The number of rotatable bonds is 7. The van der Waals surface area contributed by atoms with E-state index in [1.54, 1.807) is 6.20 Å². The van der Waals surface area contributed by atoms with Crippen molar-refractivity contribution in [3.63, 3.8) is 0 Å². The number of imidazole rings is 1. The van der Waals surface area contributed by atoms with Crippen LogP contribution in [0.3, 0.4) is 0 Å². The Morgan fingerprint density at radius 1 is 1.08 bits per heavy atom. The molecule has 0 fully saturated rings. The minimum Gasteiger partial charge on any atom is -0.311 e. The number of nitrogens with zero attached hydrogens (tertiary/aromatic N) is 3. The molecule has 7 heteroatoms. The monoisotopic (exact) mass is 344 g/mol. The number of benzene rings is 1. The molecule has 0 atom stereocenters. The number of aryl methyl sites for hydroxylation is 2. The zero-order valence-corrected chi connectivity index (χ0v) is 14.3. The highest BCUT2D eigenvalue weighted by atomic mass is 32.2. The van der Waals surface area contributed by atoms with Gasteiger partial charge in [-0.25, -0.2) is 23.1 Å². The molecule has 0 bridgehead atoms. The Balaban J connectivity index is 1.81. The fourth-order valence-electron chi connectivity index (χ4n) is 2.67. The van der Waals surface area contributed by atoms with Gasteiger partial charge in [0.2, 0.25) is 10.0 Å². The molecular formula is C17H20N4O2S. The van der Waals surface area contributed by atoms with Crippen molar-refractivity contribution >= 4 is 21.2 Å². The zero-order valence-electron chi connectivity index (χ0n) is 13.5. The molecule has 2 heterocycles. The third-order valence-corrected chi connectivity index (χ3v) is 4.49. The molecule has 0 aliphatic rings. The Morgan fingerprint density at radius 2 is 1.88 bits per heavy atom. The second kappa shape index (κ2) is 7.11. The van der Waals surface area contributed by atoms with Crippen LogP contribution < -0.4 is 4.72 Å². The van der Waals surface area contributed by atoms with Crippen LogP contribution in [0, 0.1) is 0 Å². The van der Waals surface area contributed by atoms with Crippen molar-refractivity contribution in [2.24, 2.45) is 0 Å². The molecule has 0 aliphatic carbocycles. The van der Waals surface area contributed by atoms with Gasteiger partial charge in [0.25, 0.3) is 0 Å². The van der Waals surface area contributed by atoms with Gasteiger partial charge >= 0.3 is 0 Å². The maximum atomic E-state index is 11.3. The summed E-state index contributed by atoms with van der Waals surface area (Å²) in [7, 11) is -3.20. The Kier molecular flexibility index (Phi) is 4.92. The average molecular weight is 344 g/mol. The average Bonchev–Trinajstić information content (AvgIpc) is 2.91. The van der Waals surface area contributed by atoms with Crippen molar-refractivity contribution in [3.8, 4) is 0 Å². The highest BCUT2D eigenvalue weighted by Gasteiger charge is 2.12. The van der Waals surface area contributed by atoms with Crippen LogP contribution in [0.1, 0.15) is 11.4 Å². The third kappa shape index (κ3) is 4.18. The van der Waals surface area contributed by atoms with Crippen LogP contribution in [0.5, 0.6) is 0 Å². The molecule has 0 spiro atoms. The lowest BCUT2D eigenvalue weighted by Gasteiger charge is -2.09. The molecule has 6 nitrogen and oxygen atoms in total. The summed E-state index contributed by atoms with van der Waals surface area (Å²) >= 11 is 0. The maximum absolute atomic E-state index is 11.3. The highest BCUT2D eigenvalue weighted by molar-refractivity contribution is 7.88. The first-order chi connectivity index (χ1) is 11.5. The smallest absolute Gasteiger partial charge is 0.208 e. The molecule has 0 amide bonds. The van der Waals surface area contributed by atoms with Crippen molar-refractivity contribution in [3.05, 3.63) is 60.0 Å². The summed E-state index contributed by atoms with van der Waals surface area (Å²) in [5.41, 5.74) is 2.87. The van der Waals surface area contributed by atoms with Crippen LogP contribution in [0.4, 0.5) is 0 Å². The van der Waals surface area contributed by atoms with E-state index in [1.807, 2.05) is 34.9 Å². The van der Waals surface area contributed by atoms with Gasteiger partial charge < -0.3 is 4.57 Å². The second-order valence-corrected chi connectivity index (χ2v) is 7.51. The lowest BCUT2D eigenvalue weighted by molar-refractivity contribution is 0.576. The Labute approximate surface area is 141 Å². The van der Waals surface area contributed by atoms with E-state index in [9.17, 15) is 8.42 Å². The quantitative estimate of drug-likeness (QED) is 0.709. The SMILES string of the molecule is CS(=O)(=O)NCCn1c(CCc2ccccc2)nc2cccnc21. The van der Waals surface area contributed by atoms with Crippen LogP contribution in [0.25, 0.3) is 11.2 Å². The van der Waals surface area contributed by atoms with Gasteiger partial charge in [0, 0.05) is 25.7 Å². The first-order valence-corrected chi connectivity index (χ1v) is 9.71. The summed E-state index contributed by atoms with van der Waals surface area (Å²) in [6.07, 6.45) is 4.54. The minimum absolute atomic E-state index is 0.319. The lowest BCUT2D eigenvalue weighted by Crippen LogP contribution is -2.26. The summed E-state index contributed by atoms with van der Waals surface area (Å²) in [4.78, 5) is 9.06. The van der Waals surface area contributed by atoms with E-state index in [2.05, 4.69) is 26.8 Å². The highest BCUT2D eigenvalue weighted by Crippen LogP contribution is 2.15. The van der Waals surface area contributed by atoms with Gasteiger partial charge in [-0.1, -0.05) is 30.3 Å². The van der Waals surface area contributed by atoms with Crippen molar-refractivity contribution in [1.82, 2.24) is 19.3 Å². The summed E-state index contributed by atoms with van der Waals surface area (Å²) in [5, 5.41) is 0. The van der Waals surface area contributed by atoms with Crippen LogP contribution in [0.15, 0.2) is 48.7 Å². The molecule has 24 heavy (non-hydrogen) atoms. The number of hydrogen-bond acceptors (Lipinski definition) is 4. The summed E-state index contributed by atoms with van der Waals surface area (Å²) in [6.45, 7) is 0.823. The van der Waals surface area contributed by atoms with Crippen LogP contribution in [-0.4, -0.2) is 35.8 Å². The number of aromatic nitrogens is 3. The molecule has 0 unspecified atom stereocenters. The summed E-state index contributed by atoms with van der Waals surface area (Å²) in [5.74, 6) is 0.919. The van der Waals surface area contributed by atoms with Gasteiger partial charge in [-0.15, -0.1) is 0 Å². The van der Waals surface area contributed by atoms with Gasteiger partial charge in [0.15, 0.2) is 5.65 Å². The predicted octanol–water partition coefficient (Wildman–Crippen LogP) is 1.77. The first kappa shape index (κ1) is 16.6. The summed E-state index contributed by atoms with van der Waals surface area (Å²) < 4.78 is 27.1. The first-order valence-electron chi connectivity index (χ1n) is 7.81. The van der Waals surface area contributed by atoms with Crippen molar-refractivity contribution in [2.75, 3.05) is 12.8 Å². The Morgan fingerprint density at radius 3 is 2.62 bits per heavy atom. The van der Waals surface area contributed by atoms with Crippen LogP contribution >= 0.6 is 0 Å². The number of sulfonamides is 1. The number of fused-ring (bicyclic) bond motifs is 1. The molecule has 0 aliphatic heterocycles. The fourth-order valence-corrected chi connectivity index (χ4v) is 3.14. The van der Waals surface area contributed by atoms with Gasteiger partial charge in [0.1, 0.15) is 11.3 Å². The van der Waals surface area contributed by atoms with E-state index >= 15 is 0 Å². The van der Waals surface area contributed by atoms with Gasteiger partial charge in [0.05, 0.1) is 6.26 Å². The van der Waals surface area contributed by atoms with Crippen LogP contribution in [0.2, 0.25) is 0 Å².